The summed E-state index contributed by atoms with van der Waals surface area (Å²) in [6, 6.07) is 8.85. The lowest BCUT2D eigenvalue weighted by molar-refractivity contribution is 0.0662. The molecule has 3 aromatic heterocycles. The lowest BCUT2D eigenvalue weighted by Crippen LogP contribution is -2.53. The number of likely N-dealkylation sites (N-methyl/N-ethyl adjacent to an activating group) is 1. The molecule has 1 amide bonds. The van der Waals surface area contributed by atoms with Crippen molar-refractivity contribution in [3.63, 3.8) is 0 Å². The first-order valence-corrected chi connectivity index (χ1v) is 12.1. The molecule has 0 spiro atoms. The number of nitrogens with zero attached hydrogens (tertiary/aromatic N) is 6. The molecule has 0 bridgehead atoms. The zero-order valence-corrected chi connectivity index (χ0v) is 20.3. The summed E-state index contributed by atoms with van der Waals surface area (Å²) in [5, 5.41) is 1.90. The molecular weight excluding hydrogens is 465 g/mol. The van der Waals surface area contributed by atoms with Crippen molar-refractivity contribution >= 4 is 39.4 Å². The van der Waals surface area contributed by atoms with Crippen LogP contribution >= 0.6 is 0 Å². The number of halogens is 1. The summed E-state index contributed by atoms with van der Waals surface area (Å²) in [5.74, 6) is -0.916. The molecule has 2 aliphatic rings. The Kier molecular flexibility index (Phi) is 5.62. The van der Waals surface area contributed by atoms with E-state index in [4.69, 9.17) is 4.74 Å². The number of para-hydroxylation sites is 2. The van der Waals surface area contributed by atoms with Crippen molar-refractivity contribution in [1.82, 2.24) is 29.3 Å². The number of carbonyl (C=O) groups excluding carboxylic acids is 1. The van der Waals surface area contributed by atoms with E-state index in [1.54, 1.807) is 4.40 Å². The first-order chi connectivity index (χ1) is 17.4. The highest BCUT2D eigenvalue weighted by Crippen LogP contribution is 2.28. The minimum atomic E-state index is -0.591. The summed E-state index contributed by atoms with van der Waals surface area (Å²) >= 11 is 0. The number of amides is 1. The molecule has 188 valence electrons. The van der Waals surface area contributed by atoms with Gasteiger partial charge in [0.15, 0.2) is 17.3 Å². The first kappa shape index (κ1) is 22.9. The Morgan fingerprint density at radius 1 is 1.03 bits per heavy atom. The third-order valence-corrected chi connectivity index (χ3v) is 7.16. The number of hydrogen-bond donors (Lipinski definition) is 1. The van der Waals surface area contributed by atoms with E-state index in [0.29, 0.717) is 50.7 Å². The van der Waals surface area contributed by atoms with Gasteiger partial charge in [0.25, 0.3) is 5.91 Å². The van der Waals surface area contributed by atoms with Crippen LogP contribution < -0.4 is 15.8 Å². The lowest BCUT2D eigenvalue weighted by Gasteiger charge is -2.32. The van der Waals surface area contributed by atoms with Crippen molar-refractivity contribution in [2.75, 3.05) is 64.4 Å². The number of rotatable bonds is 3. The number of benzene rings is 1. The van der Waals surface area contributed by atoms with Crippen molar-refractivity contribution in [2.45, 2.75) is 0 Å². The predicted molar refractivity (Wildman–Crippen MR) is 135 cm³/mol. The number of anilines is 1. The Bertz CT molecular complexity index is 1550. The second-order valence-electron chi connectivity index (χ2n) is 9.41. The molecule has 0 radical (unpaired) electrons. The Labute approximate surface area is 206 Å². The molecule has 36 heavy (non-hydrogen) atoms. The molecule has 6 rings (SSSR count). The van der Waals surface area contributed by atoms with Crippen molar-refractivity contribution in [2.24, 2.45) is 7.05 Å². The number of fused-ring (bicyclic) bond motifs is 5. The second kappa shape index (κ2) is 8.84. The molecule has 2 aliphatic heterocycles. The van der Waals surface area contributed by atoms with Crippen LogP contribution in [0.15, 0.2) is 35.1 Å². The Balaban J connectivity index is 1.60. The third kappa shape index (κ3) is 3.62. The van der Waals surface area contributed by atoms with Gasteiger partial charge in [-0.25, -0.2) is 14.4 Å². The summed E-state index contributed by atoms with van der Waals surface area (Å²) in [4.78, 5) is 36.0. The number of carbonyl (C=O) groups is 1. The summed E-state index contributed by atoms with van der Waals surface area (Å²) in [7, 11) is 3.85. The predicted octanol–water partition coefficient (Wildman–Crippen LogP) is 1.21. The largest absolute Gasteiger partial charge is 0.378 e. The van der Waals surface area contributed by atoms with E-state index >= 15 is 4.39 Å². The number of aryl methyl sites for hydroxylation is 1. The molecule has 2 fully saturated rings. The van der Waals surface area contributed by atoms with Gasteiger partial charge in [0, 0.05) is 46.3 Å². The first-order valence-electron chi connectivity index (χ1n) is 12.1. The number of piperazine rings is 1. The number of pyridine rings is 2. The molecule has 0 atom stereocenters. The van der Waals surface area contributed by atoms with Gasteiger partial charge >= 0.3 is 0 Å². The van der Waals surface area contributed by atoms with E-state index in [0.717, 1.165) is 24.1 Å². The molecule has 1 N–H and O–H groups in total. The van der Waals surface area contributed by atoms with Gasteiger partial charge in [-0.1, -0.05) is 12.1 Å². The van der Waals surface area contributed by atoms with Gasteiger partial charge in [-0.2, -0.15) is 0 Å². The second-order valence-corrected chi connectivity index (χ2v) is 9.41. The molecule has 4 aromatic rings. The number of hydrazine groups is 1. The van der Waals surface area contributed by atoms with Crippen LogP contribution in [0.4, 0.5) is 10.2 Å². The highest BCUT2D eigenvalue weighted by Gasteiger charge is 2.28. The fraction of sp³-hybridized carbons (Fsp3) is 0.400. The van der Waals surface area contributed by atoms with Crippen molar-refractivity contribution in [3.8, 4) is 0 Å². The van der Waals surface area contributed by atoms with Crippen LogP contribution in [0, 0.1) is 5.82 Å². The molecular formula is C25H28FN7O3. The summed E-state index contributed by atoms with van der Waals surface area (Å²) in [5.41, 5.74) is 4.70. The topological polar surface area (TPSA) is 87.3 Å². The quantitative estimate of drug-likeness (QED) is 0.459. The van der Waals surface area contributed by atoms with E-state index in [1.165, 1.54) is 6.07 Å². The average molecular weight is 494 g/mol. The SMILES string of the molecule is CN1CCN(NC(=O)c2c(=O)c3cc(F)c(N4CCOCC4)nc3n3c4ccccc4n(C)c23)CC1. The Hall–Kier alpha value is -3.54. The maximum atomic E-state index is 15.3. The number of imidazole rings is 1. The number of nitrogens with one attached hydrogen (secondary N) is 1. The van der Waals surface area contributed by atoms with Crippen LogP contribution in [0.3, 0.4) is 0 Å². The van der Waals surface area contributed by atoms with Crippen LogP contribution in [0.5, 0.6) is 0 Å². The summed E-state index contributed by atoms with van der Waals surface area (Å²) in [6.07, 6.45) is 0. The van der Waals surface area contributed by atoms with Gasteiger partial charge in [0.05, 0.1) is 29.6 Å². The van der Waals surface area contributed by atoms with Crippen LogP contribution in [0.25, 0.3) is 27.7 Å². The van der Waals surface area contributed by atoms with E-state index in [9.17, 15) is 9.59 Å². The molecule has 2 saturated heterocycles. The van der Waals surface area contributed by atoms with Crippen LogP contribution in [-0.2, 0) is 11.8 Å². The van der Waals surface area contributed by atoms with Crippen LogP contribution in [0.2, 0.25) is 0 Å². The van der Waals surface area contributed by atoms with Gasteiger partial charge in [-0.15, -0.1) is 0 Å². The van der Waals surface area contributed by atoms with Crippen molar-refractivity contribution in [1.29, 1.82) is 0 Å². The van der Waals surface area contributed by atoms with Crippen LogP contribution in [0.1, 0.15) is 10.4 Å². The molecule has 5 heterocycles. The van der Waals surface area contributed by atoms with Gasteiger partial charge in [-0.05, 0) is 25.2 Å². The van der Waals surface area contributed by atoms with Crippen LogP contribution in [-0.4, -0.2) is 89.3 Å². The van der Waals surface area contributed by atoms with E-state index < -0.39 is 17.2 Å². The zero-order valence-electron chi connectivity index (χ0n) is 20.3. The maximum Gasteiger partial charge on any atom is 0.273 e. The smallest absolute Gasteiger partial charge is 0.273 e. The molecule has 0 aliphatic carbocycles. The minimum absolute atomic E-state index is 0.0274. The highest BCUT2D eigenvalue weighted by atomic mass is 19.1. The fourth-order valence-electron chi connectivity index (χ4n) is 5.17. The molecule has 1 aromatic carbocycles. The average Bonchev–Trinajstić information content (AvgIpc) is 3.18. The van der Waals surface area contributed by atoms with Gasteiger partial charge in [-0.3, -0.25) is 19.4 Å². The summed E-state index contributed by atoms with van der Waals surface area (Å²) in [6.45, 7) is 4.88. The minimum Gasteiger partial charge on any atom is -0.378 e. The normalized spacial score (nSPS) is 17.9. The molecule has 10 nitrogen and oxygen atoms in total. The number of ether oxygens (including phenoxy) is 1. The standard InChI is InChI=1S/C25H28FN7O3/c1-29-7-9-32(10-8-29)28-24(35)20-21(34)16-15-17(26)23(31-11-13-36-14-12-31)27-22(16)33-19-6-4-3-5-18(19)30(2)25(20)33/h3-6,15H,7-14H2,1-2H3,(H,28,35). The lowest BCUT2D eigenvalue weighted by atomic mass is 10.1. The number of hydrogen-bond acceptors (Lipinski definition) is 7. The third-order valence-electron chi connectivity index (χ3n) is 7.16. The van der Waals surface area contributed by atoms with E-state index in [1.807, 2.05) is 52.8 Å². The Morgan fingerprint density at radius 3 is 2.44 bits per heavy atom. The zero-order chi connectivity index (χ0) is 25.0. The monoisotopic (exact) mass is 493 g/mol. The van der Waals surface area contributed by atoms with Crippen molar-refractivity contribution in [3.05, 3.63) is 51.9 Å². The fourth-order valence-corrected chi connectivity index (χ4v) is 5.17. The van der Waals surface area contributed by atoms with Gasteiger partial charge in [0.2, 0.25) is 5.43 Å². The number of morpholine rings is 1. The van der Waals surface area contributed by atoms with Gasteiger partial charge in [0.1, 0.15) is 11.2 Å². The van der Waals surface area contributed by atoms with Gasteiger partial charge < -0.3 is 19.1 Å². The molecule has 0 saturated carbocycles. The van der Waals surface area contributed by atoms with E-state index in [2.05, 4.69) is 15.3 Å². The molecule has 11 heteroatoms. The highest BCUT2D eigenvalue weighted by molar-refractivity contribution is 6.05. The maximum absolute atomic E-state index is 15.3. The molecule has 0 unspecified atom stereocenters. The number of aromatic nitrogens is 3. The van der Waals surface area contributed by atoms with Crippen molar-refractivity contribution < 1.29 is 13.9 Å². The Morgan fingerprint density at radius 2 is 1.72 bits per heavy atom. The summed E-state index contributed by atoms with van der Waals surface area (Å²) < 4.78 is 24.4. The van der Waals surface area contributed by atoms with E-state index in [-0.39, 0.29) is 16.8 Å².